The Morgan fingerprint density at radius 3 is 2.72 bits per heavy atom. The third-order valence-corrected chi connectivity index (χ3v) is 3.84. The zero-order chi connectivity index (χ0) is 13.0. The fraction of sp³-hybridized carbons (Fsp3) is 0.214. The Kier molecular flexibility index (Phi) is 4.12. The van der Waals surface area contributed by atoms with Crippen LogP contribution in [0.1, 0.15) is 26.4 Å². The first kappa shape index (κ1) is 12.8. The van der Waals surface area contributed by atoms with Crippen LogP contribution in [0.25, 0.3) is 0 Å². The van der Waals surface area contributed by atoms with Crippen molar-refractivity contribution in [1.82, 2.24) is 5.32 Å². The number of aromatic carboxylic acids is 1. The number of hydrogen-bond donors (Lipinski definition) is 2. The van der Waals surface area contributed by atoms with Gasteiger partial charge in [0.15, 0.2) is 0 Å². The van der Waals surface area contributed by atoms with Crippen LogP contribution in [0.4, 0.5) is 0 Å². The lowest BCUT2D eigenvalue weighted by Crippen LogP contribution is -2.15. The monoisotopic (exact) mass is 261 g/mol. The molecule has 1 aromatic heterocycles. The molecule has 0 radical (unpaired) electrons. The van der Waals surface area contributed by atoms with Crippen molar-refractivity contribution >= 4 is 17.3 Å². The summed E-state index contributed by atoms with van der Waals surface area (Å²) in [5.74, 6) is -0.875. The summed E-state index contributed by atoms with van der Waals surface area (Å²) in [5, 5.41) is 14.4. The highest BCUT2D eigenvalue weighted by Crippen LogP contribution is 2.15. The summed E-state index contributed by atoms with van der Waals surface area (Å²) in [5.41, 5.74) is 2.46. The van der Waals surface area contributed by atoms with Gasteiger partial charge in [-0.25, -0.2) is 4.79 Å². The molecule has 0 unspecified atom stereocenters. The SMILES string of the molecule is Cc1ccsc1CNCc1ccccc1C(=O)O. The summed E-state index contributed by atoms with van der Waals surface area (Å²) in [4.78, 5) is 12.3. The maximum Gasteiger partial charge on any atom is 0.336 e. The Balaban J connectivity index is 1.99. The van der Waals surface area contributed by atoms with Crippen LogP contribution in [0, 0.1) is 6.92 Å². The molecule has 4 heteroatoms. The van der Waals surface area contributed by atoms with Crippen molar-refractivity contribution in [3.63, 3.8) is 0 Å². The number of thiophene rings is 1. The molecule has 2 rings (SSSR count). The van der Waals surface area contributed by atoms with Crippen LogP contribution in [0.3, 0.4) is 0 Å². The number of hydrogen-bond acceptors (Lipinski definition) is 3. The average Bonchev–Trinajstić information content (AvgIpc) is 2.76. The van der Waals surface area contributed by atoms with Crippen molar-refractivity contribution in [2.75, 3.05) is 0 Å². The Morgan fingerprint density at radius 1 is 1.28 bits per heavy atom. The number of carbonyl (C=O) groups is 1. The lowest BCUT2D eigenvalue weighted by atomic mass is 10.1. The first-order valence-electron chi connectivity index (χ1n) is 5.73. The molecule has 0 bridgehead atoms. The van der Waals surface area contributed by atoms with Crippen molar-refractivity contribution in [2.24, 2.45) is 0 Å². The molecule has 2 aromatic rings. The van der Waals surface area contributed by atoms with Gasteiger partial charge >= 0.3 is 5.97 Å². The second-order valence-electron chi connectivity index (χ2n) is 4.09. The minimum atomic E-state index is -0.875. The van der Waals surface area contributed by atoms with E-state index in [9.17, 15) is 4.79 Å². The summed E-state index contributed by atoms with van der Waals surface area (Å²) in [6.45, 7) is 3.43. The smallest absolute Gasteiger partial charge is 0.336 e. The van der Waals surface area contributed by atoms with Crippen LogP contribution in [0.2, 0.25) is 0 Å². The van der Waals surface area contributed by atoms with Gasteiger partial charge in [0.1, 0.15) is 0 Å². The van der Waals surface area contributed by atoms with Gasteiger partial charge < -0.3 is 10.4 Å². The number of carboxylic acid groups (broad SMARTS) is 1. The van der Waals surface area contributed by atoms with E-state index in [1.54, 1.807) is 23.5 Å². The molecule has 18 heavy (non-hydrogen) atoms. The minimum absolute atomic E-state index is 0.368. The minimum Gasteiger partial charge on any atom is -0.478 e. The van der Waals surface area contributed by atoms with Crippen LogP contribution in [0.5, 0.6) is 0 Å². The molecule has 0 fully saturated rings. The fourth-order valence-electron chi connectivity index (χ4n) is 1.78. The highest BCUT2D eigenvalue weighted by atomic mass is 32.1. The summed E-state index contributed by atoms with van der Waals surface area (Å²) in [7, 11) is 0. The van der Waals surface area contributed by atoms with Crippen LogP contribution >= 0.6 is 11.3 Å². The van der Waals surface area contributed by atoms with Crippen LogP contribution in [-0.4, -0.2) is 11.1 Å². The number of rotatable bonds is 5. The Hall–Kier alpha value is -1.65. The first-order chi connectivity index (χ1) is 8.68. The largest absolute Gasteiger partial charge is 0.478 e. The second-order valence-corrected chi connectivity index (χ2v) is 5.09. The van der Waals surface area contributed by atoms with Gasteiger partial charge in [-0.2, -0.15) is 0 Å². The molecular weight excluding hydrogens is 246 g/mol. The summed E-state index contributed by atoms with van der Waals surface area (Å²) >= 11 is 1.72. The first-order valence-corrected chi connectivity index (χ1v) is 6.61. The zero-order valence-electron chi connectivity index (χ0n) is 10.1. The highest BCUT2D eigenvalue weighted by Gasteiger charge is 2.08. The molecule has 3 nitrogen and oxygen atoms in total. The van der Waals surface area contributed by atoms with Gasteiger partial charge in [0, 0.05) is 18.0 Å². The Morgan fingerprint density at radius 2 is 2.06 bits per heavy atom. The van der Waals surface area contributed by atoms with Crippen molar-refractivity contribution in [2.45, 2.75) is 20.0 Å². The van der Waals surface area contributed by atoms with Crippen LogP contribution < -0.4 is 5.32 Å². The predicted octanol–water partition coefficient (Wildman–Crippen LogP) is 3.04. The molecule has 1 heterocycles. The number of nitrogens with one attached hydrogen (secondary N) is 1. The van der Waals surface area contributed by atoms with E-state index in [-0.39, 0.29) is 0 Å². The maximum absolute atomic E-state index is 11.0. The number of aryl methyl sites for hydroxylation is 1. The van der Waals surface area contributed by atoms with Gasteiger partial charge in [-0.3, -0.25) is 0 Å². The van der Waals surface area contributed by atoms with Crippen molar-refractivity contribution < 1.29 is 9.90 Å². The maximum atomic E-state index is 11.0. The van der Waals surface area contributed by atoms with Crippen molar-refractivity contribution in [1.29, 1.82) is 0 Å². The molecule has 0 saturated carbocycles. The van der Waals surface area contributed by atoms with Crippen LogP contribution in [0.15, 0.2) is 35.7 Å². The average molecular weight is 261 g/mol. The van der Waals surface area contributed by atoms with E-state index in [1.165, 1.54) is 10.4 Å². The lowest BCUT2D eigenvalue weighted by molar-refractivity contribution is 0.0695. The van der Waals surface area contributed by atoms with Gasteiger partial charge in [-0.1, -0.05) is 18.2 Å². The molecule has 2 N–H and O–H groups in total. The van der Waals surface area contributed by atoms with E-state index < -0.39 is 5.97 Å². The van der Waals surface area contributed by atoms with Gasteiger partial charge in [-0.05, 0) is 35.6 Å². The van der Waals surface area contributed by atoms with Crippen LogP contribution in [-0.2, 0) is 13.1 Å². The summed E-state index contributed by atoms with van der Waals surface area (Å²) < 4.78 is 0. The normalized spacial score (nSPS) is 10.5. The van der Waals surface area contributed by atoms with Gasteiger partial charge in [0.2, 0.25) is 0 Å². The van der Waals surface area contributed by atoms with E-state index in [0.29, 0.717) is 12.1 Å². The number of carboxylic acids is 1. The molecule has 0 spiro atoms. The summed E-state index contributed by atoms with van der Waals surface area (Å²) in [6.07, 6.45) is 0. The van der Waals surface area contributed by atoms with Crippen molar-refractivity contribution in [3.8, 4) is 0 Å². The van der Waals surface area contributed by atoms with E-state index in [1.807, 2.05) is 12.1 Å². The van der Waals surface area contributed by atoms with E-state index >= 15 is 0 Å². The second kappa shape index (κ2) is 5.80. The van der Waals surface area contributed by atoms with E-state index in [2.05, 4.69) is 23.7 Å². The van der Waals surface area contributed by atoms with E-state index in [4.69, 9.17) is 5.11 Å². The zero-order valence-corrected chi connectivity index (χ0v) is 11.0. The topological polar surface area (TPSA) is 49.3 Å². The molecule has 0 aliphatic carbocycles. The Bertz CT molecular complexity index is 548. The standard InChI is InChI=1S/C14H15NO2S/c1-10-6-7-18-13(10)9-15-8-11-4-2-3-5-12(11)14(16)17/h2-7,15H,8-9H2,1H3,(H,16,17). The molecule has 0 saturated heterocycles. The Labute approximate surface area is 110 Å². The third kappa shape index (κ3) is 2.97. The van der Waals surface area contributed by atoms with Crippen molar-refractivity contribution in [3.05, 3.63) is 57.3 Å². The molecule has 0 aliphatic heterocycles. The quantitative estimate of drug-likeness (QED) is 0.869. The third-order valence-electron chi connectivity index (χ3n) is 2.82. The highest BCUT2D eigenvalue weighted by molar-refractivity contribution is 7.10. The fourth-order valence-corrected chi connectivity index (χ4v) is 2.65. The van der Waals surface area contributed by atoms with Gasteiger partial charge in [-0.15, -0.1) is 11.3 Å². The molecular formula is C14H15NO2S. The molecule has 0 amide bonds. The van der Waals surface area contributed by atoms with Gasteiger partial charge in [0.05, 0.1) is 5.56 Å². The predicted molar refractivity (Wildman–Crippen MR) is 73.0 cm³/mol. The van der Waals surface area contributed by atoms with E-state index in [0.717, 1.165) is 12.1 Å². The molecule has 0 aliphatic rings. The number of benzene rings is 1. The summed E-state index contributed by atoms with van der Waals surface area (Å²) in [6, 6.07) is 9.18. The lowest BCUT2D eigenvalue weighted by Gasteiger charge is -2.07. The molecule has 1 aromatic carbocycles. The van der Waals surface area contributed by atoms with Gasteiger partial charge in [0.25, 0.3) is 0 Å². The molecule has 94 valence electrons. The molecule has 0 atom stereocenters.